The molecule has 100 valence electrons. The molecule has 0 aliphatic rings. The van der Waals surface area contributed by atoms with E-state index in [0.717, 1.165) is 5.56 Å². The van der Waals surface area contributed by atoms with Crippen LogP contribution in [0.3, 0.4) is 0 Å². The van der Waals surface area contributed by atoms with Crippen LogP contribution in [-0.4, -0.2) is 5.11 Å². The van der Waals surface area contributed by atoms with Gasteiger partial charge in [0.15, 0.2) is 0 Å². The second-order valence-corrected chi connectivity index (χ2v) is 5.56. The van der Waals surface area contributed by atoms with E-state index in [9.17, 15) is 5.11 Å². The van der Waals surface area contributed by atoms with Crippen molar-refractivity contribution in [2.24, 2.45) is 0 Å². The van der Waals surface area contributed by atoms with E-state index in [1.54, 1.807) is 0 Å². The molecule has 1 unspecified atom stereocenters. The maximum absolute atomic E-state index is 10.4. The summed E-state index contributed by atoms with van der Waals surface area (Å²) in [6, 6.07) is 12.7. The molecule has 0 aromatic heterocycles. The van der Waals surface area contributed by atoms with Gasteiger partial charge in [0.1, 0.15) is 0 Å². The van der Waals surface area contributed by atoms with Gasteiger partial charge in [-0.15, -0.1) is 0 Å². The third-order valence-corrected chi connectivity index (χ3v) is 3.63. The fraction of sp³-hybridized carbons (Fsp3) is 0.333. The Labute approximate surface area is 115 Å². The van der Waals surface area contributed by atoms with Gasteiger partial charge in [-0.2, -0.15) is 0 Å². The lowest BCUT2D eigenvalue weighted by Crippen LogP contribution is -2.03. The summed E-state index contributed by atoms with van der Waals surface area (Å²) in [5.74, 6) is 0. The average Bonchev–Trinajstić information content (AvgIpc) is 2.32. The molecule has 2 aromatic carbocycles. The van der Waals surface area contributed by atoms with Crippen molar-refractivity contribution in [3.8, 4) is 0 Å². The van der Waals surface area contributed by atoms with Crippen molar-refractivity contribution in [2.45, 2.75) is 40.2 Å². The van der Waals surface area contributed by atoms with Crippen molar-refractivity contribution < 1.29 is 5.11 Å². The van der Waals surface area contributed by atoms with Gasteiger partial charge in [0.05, 0.1) is 6.10 Å². The lowest BCUT2D eigenvalue weighted by molar-refractivity contribution is 0.178. The Morgan fingerprint density at radius 1 is 0.842 bits per heavy atom. The number of hydrogen-bond acceptors (Lipinski definition) is 1. The predicted octanol–water partition coefficient (Wildman–Crippen LogP) is 4.20. The van der Waals surface area contributed by atoms with Gasteiger partial charge in [0, 0.05) is 6.42 Å². The molecular formula is C18H22O. The topological polar surface area (TPSA) is 20.2 Å². The van der Waals surface area contributed by atoms with Crippen LogP contribution in [0.25, 0.3) is 0 Å². The molecule has 1 N–H and O–H groups in total. The summed E-state index contributed by atoms with van der Waals surface area (Å²) < 4.78 is 0. The van der Waals surface area contributed by atoms with Crippen LogP contribution in [0.5, 0.6) is 0 Å². The Morgan fingerprint density at radius 3 is 2.05 bits per heavy atom. The molecular weight excluding hydrogens is 232 g/mol. The number of aliphatic hydroxyl groups is 1. The van der Waals surface area contributed by atoms with E-state index in [0.29, 0.717) is 6.42 Å². The zero-order chi connectivity index (χ0) is 14.0. The van der Waals surface area contributed by atoms with Crippen molar-refractivity contribution in [3.63, 3.8) is 0 Å². The highest BCUT2D eigenvalue weighted by Crippen LogP contribution is 2.22. The van der Waals surface area contributed by atoms with E-state index in [1.807, 2.05) is 0 Å². The van der Waals surface area contributed by atoms with E-state index in [-0.39, 0.29) is 0 Å². The molecule has 0 heterocycles. The Kier molecular flexibility index (Phi) is 4.06. The van der Waals surface area contributed by atoms with E-state index in [2.05, 4.69) is 64.1 Å². The molecule has 0 saturated carbocycles. The molecule has 0 aliphatic heterocycles. The van der Waals surface area contributed by atoms with Gasteiger partial charge < -0.3 is 5.11 Å². The summed E-state index contributed by atoms with van der Waals surface area (Å²) in [6.07, 6.45) is 0.241. The largest absolute Gasteiger partial charge is 0.388 e. The van der Waals surface area contributed by atoms with Gasteiger partial charge in [0.2, 0.25) is 0 Å². The molecule has 0 aliphatic carbocycles. The summed E-state index contributed by atoms with van der Waals surface area (Å²) in [7, 11) is 0. The van der Waals surface area contributed by atoms with Crippen LogP contribution >= 0.6 is 0 Å². The molecule has 0 spiro atoms. The first-order chi connectivity index (χ1) is 8.95. The minimum Gasteiger partial charge on any atom is -0.388 e. The van der Waals surface area contributed by atoms with Crippen LogP contribution in [-0.2, 0) is 6.42 Å². The number of rotatable bonds is 3. The summed E-state index contributed by atoms with van der Waals surface area (Å²) in [5, 5.41) is 10.4. The first-order valence-electron chi connectivity index (χ1n) is 6.78. The molecule has 1 heteroatoms. The van der Waals surface area contributed by atoms with E-state index in [1.165, 1.54) is 27.8 Å². The van der Waals surface area contributed by atoms with Crippen molar-refractivity contribution in [3.05, 3.63) is 69.8 Å². The second-order valence-electron chi connectivity index (χ2n) is 5.56. The highest BCUT2D eigenvalue weighted by Gasteiger charge is 2.10. The molecule has 1 nitrogen and oxygen atoms in total. The Bertz CT molecular complexity index is 564. The van der Waals surface area contributed by atoms with E-state index in [4.69, 9.17) is 0 Å². The fourth-order valence-electron chi connectivity index (χ4n) is 2.47. The summed E-state index contributed by atoms with van der Waals surface area (Å²) in [5.41, 5.74) is 7.18. The van der Waals surface area contributed by atoms with Gasteiger partial charge in [-0.05, 0) is 49.9 Å². The third kappa shape index (κ3) is 3.45. The molecule has 0 amide bonds. The van der Waals surface area contributed by atoms with Gasteiger partial charge in [-0.25, -0.2) is 0 Å². The second kappa shape index (κ2) is 5.58. The van der Waals surface area contributed by atoms with E-state index >= 15 is 0 Å². The molecule has 0 fully saturated rings. The normalized spacial score (nSPS) is 12.5. The van der Waals surface area contributed by atoms with Gasteiger partial charge in [0.25, 0.3) is 0 Å². The zero-order valence-corrected chi connectivity index (χ0v) is 12.2. The van der Waals surface area contributed by atoms with Crippen molar-refractivity contribution >= 4 is 0 Å². The van der Waals surface area contributed by atoms with Crippen molar-refractivity contribution in [2.75, 3.05) is 0 Å². The molecule has 0 saturated heterocycles. The standard InChI is InChI=1S/C18H22O/c1-12-7-13(2)9-17(8-12)18(19)11-16-6-5-14(3)15(4)10-16/h5-10,18-19H,11H2,1-4H3. The summed E-state index contributed by atoms with van der Waals surface area (Å²) in [6.45, 7) is 8.36. The fourth-order valence-corrected chi connectivity index (χ4v) is 2.47. The van der Waals surface area contributed by atoms with Gasteiger partial charge in [-0.3, -0.25) is 0 Å². The Hall–Kier alpha value is -1.60. The SMILES string of the molecule is Cc1cc(C)cc(C(O)Cc2ccc(C)c(C)c2)c1. The van der Waals surface area contributed by atoms with Crippen molar-refractivity contribution in [1.82, 2.24) is 0 Å². The highest BCUT2D eigenvalue weighted by molar-refractivity contribution is 5.33. The van der Waals surface area contributed by atoms with Crippen LogP contribution in [0.15, 0.2) is 36.4 Å². The summed E-state index contributed by atoms with van der Waals surface area (Å²) >= 11 is 0. The van der Waals surface area contributed by atoms with Crippen LogP contribution in [0, 0.1) is 27.7 Å². The molecule has 1 atom stereocenters. The van der Waals surface area contributed by atoms with Gasteiger partial charge >= 0.3 is 0 Å². The lowest BCUT2D eigenvalue weighted by Gasteiger charge is -2.14. The van der Waals surface area contributed by atoms with Crippen LogP contribution < -0.4 is 0 Å². The average molecular weight is 254 g/mol. The molecule has 0 bridgehead atoms. The summed E-state index contributed by atoms with van der Waals surface area (Å²) in [4.78, 5) is 0. The minimum atomic E-state index is -0.430. The first-order valence-corrected chi connectivity index (χ1v) is 6.78. The molecule has 2 aromatic rings. The van der Waals surface area contributed by atoms with Crippen LogP contribution in [0.4, 0.5) is 0 Å². The minimum absolute atomic E-state index is 0.430. The number of hydrogen-bond donors (Lipinski definition) is 1. The number of aliphatic hydroxyl groups excluding tert-OH is 1. The highest BCUT2D eigenvalue weighted by atomic mass is 16.3. The Balaban J connectivity index is 2.20. The molecule has 0 radical (unpaired) electrons. The van der Waals surface area contributed by atoms with E-state index < -0.39 is 6.10 Å². The quantitative estimate of drug-likeness (QED) is 0.870. The maximum Gasteiger partial charge on any atom is 0.0830 e. The van der Waals surface area contributed by atoms with Crippen LogP contribution in [0.2, 0.25) is 0 Å². The maximum atomic E-state index is 10.4. The monoisotopic (exact) mass is 254 g/mol. The number of aryl methyl sites for hydroxylation is 4. The predicted molar refractivity (Wildman–Crippen MR) is 80.5 cm³/mol. The third-order valence-electron chi connectivity index (χ3n) is 3.63. The molecule has 19 heavy (non-hydrogen) atoms. The van der Waals surface area contributed by atoms with Crippen molar-refractivity contribution in [1.29, 1.82) is 0 Å². The molecule has 2 rings (SSSR count). The Morgan fingerprint density at radius 2 is 1.47 bits per heavy atom. The van der Waals surface area contributed by atoms with Crippen LogP contribution in [0.1, 0.15) is 39.5 Å². The number of benzene rings is 2. The van der Waals surface area contributed by atoms with Gasteiger partial charge in [-0.1, -0.05) is 47.5 Å². The lowest BCUT2D eigenvalue weighted by atomic mass is 9.96. The first kappa shape index (κ1) is 13.8. The zero-order valence-electron chi connectivity index (χ0n) is 12.2. The smallest absolute Gasteiger partial charge is 0.0830 e.